The first-order chi connectivity index (χ1) is 12.0. The van der Waals surface area contributed by atoms with Gasteiger partial charge in [-0.3, -0.25) is 19.4 Å². The maximum Gasteiger partial charge on any atom is 0.324 e. The lowest BCUT2D eigenvalue weighted by atomic mass is 9.97. The number of nitrogens with one attached hydrogen (secondary N) is 2. The first-order valence-electron chi connectivity index (χ1n) is 8.58. The van der Waals surface area contributed by atoms with Gasteiger partial charge in [-0.25, -0.2) is 9.78 Å². The van der Waals surface area contributed by atoms with Gasteiger partial charge in [-0.15, -0.1) is 0 Å². The Kier molecular flexibility index (Phi) is 5.28. The third kappa shape index (κ3) is 4.33. The SMILES string of the molecule is Cc1cccc(NC(=O)[C@H]2CCCN(CC(=O)N3CCNC3=O)C2)n1. The zero-order chi connectivity index (χ0) is 17.8. The number of piperidine rings is 1. The Labute approximate surface area is 146 Å². The van der Waals surface area contributed by atoms with Gasteiger partial charge in [-0.2, -0.15) is 0 Å². The van der Waals surface area contributed by atoms with E-state index >= 15 is 0 Å². The van der Waals surface area contributed by atoms with Crippen molar-refractivity contribution in [1.82, 2.24) is 20.1 Å². The maximum absolute atomic E-state index is 12.5. The molecule has 8 heteroatoms. The van der Waals surface area contributed by atoms with Crippen LogP contribution in [0.15, 0.2) is 18.2 Å². The van der Waals surface area contributed by atoms with Crippen LogP contribution in [0, 0.1) is 12.8 Å². The number of nitrogens with zero attached hydrogens (tertiary/aromatic N) is 3. The molecule has 4 amide bonds. The van der Waals surface area contributed by atoms with E-state index in [4.69, 9.17) is 0 Å². The average molecular weight is 345 g/mol. The van der Waals surface area contributed by atoms with Crippen molar-refractivity contribution in [3.8, 4) is 0 Å². The molecule has 2 saturated heterocycles. The van der Waals surface area contributed by atoms with Gasteiger partial charge in [0.15, 0.2) is 0 Å². The number of likely N-dealkylation sites (tertiary alicyclic amines) is 1. The predicted molar refractivity (Wildman–Crippen MR) is 91.9 cm³/mol. The summed E-state index contributed by atoms with van der Waals surface area (Å²) in [5, 5.41) is 5.48. The number of amides is 4. The van der Waals surface area contributed by atoms with Crippen LogP contribution < -0.4 is 10.6 Å². The van der Waals surface area contributed by atoms with Crippen molar-refractivity contribution in [3.63, 3.8) is 0 Å². The van der Waals surface area contributed by atoms with Crippen LogP contribution in [0.5, 0.6) is 0 Å². The summed E-state index contributed by atoms with van der Waals surface area (Å²) in [6.07, 6.45) is 1.63. The van der Waals surface area contributed by atoms with E-state index in [0.29, 0.717) is 25.5 Å². The number of urea groups is 1. The van der Waals surface area contributed by atoms with Gasteiger partial charge in [0.2, 0.25) is 11.8 Å². The molecule has 2 fully saturated rings. The van der Waals surface area contributed by atoms with Crippen molar-refractivity contribution in [1.29, 1.82) is 0 Å². The summed E-state index contributed by atoms with van der Waals surface area (Å²) in [5.41, 5.74) is 0.845. The summed E-state index contributed by atoms with van der Waals surface area (Å²) in [4.78, 5) is 43.8. The minimum absolute atomic E-state index is 0.0748. The molecule has 3 heterocycles. The minimum Gasteiger partial charge on any atom is -0.336 e. The van der Waals surface area contributed by atoms with Crippen LogP contribution in [0.1, 0.15) is 18.5 Å². The predicted octanol–water partition coefficient (Wildman–Crippen LogP) is 0.592. The van der Waals surface area contributed by atoms with E-state index < -0.39 is 0 Å². The van der Waals surface area contributed by atoms with E-state index in [0.717, 1.165) is 25.1 Å². The van der Waals surface area contributed by atoms with Gasteiger partial charge in [0.05, 0.1) is 12.5 Å². The summed E-state index contributed by atoms with van der Waals surface area (Å²) in [6, 6.07) is 5.16. The smallest absolute Gasteiger partial charge is 0.324 e. The lowest BCUT2D eigenvalue weighted by Gasteiger charge is -2.32. The summed E-state index contributed by atoms with van der Waals surface area (Å²) in [5.74, 6) is 0.0776. The molecule has 0 unspecified atom stereocenters. The van der Waals surface area contributed by atoms with Crippen molar-refractivity contribution in [2.75, 3.05) is 38.0 Å². The molecule has 134 valence electrons. The number of pyridine rings is 1. The van der Waals surface area contributed by atoms with Gasteiger partial charge >= 0.3 is 6.03 Å². The Morgan fingerprint density at radius 2 is 2.20 bits per heavy atom. The third-order valence-corrected chi connectivity index (χ3v) is 4.53. The van der Waals surface area contributed by atoms with Crippen LogP contribution in [0.2, 0.25) is 0 Å². The van der Waals surface area contributed by atoms with Gasteiger partial charge in [0.1, 0.15) is 5.82 Å². The van der Waals surface area contributed by atoms with Gasteiger partial charge in [0, 0.05) is 25.3 Å². The second-order valence-corrected chi connectivity index (χ2v) is 6.51. The van der Waals surface area contributed by atoms with Crippen molar-refractivity contribution >= 4 is 23.7 Å². The molecule has 0 spiro atoms. The van der Waals surface area contributed by atoms with Crippen LogP contribution in [-0.2, 0) is 9.59 Å². The fourth-order valence-electron chi connectivity index (χ4n) is 3.24. The van der Waals surface area contributed by atoms with Crippen LogP contribution in [0.25, 0.3) is 0 Å². The topological polar surface area (TPSA) is 94.6 Å². The lowest BCUT2D eigenvalue weighted by Crippen LogP contribution is -2.47. The Morgan fingerprint density at radius 3 is 2.92 bits per heavy atom. The molecule has 0 aliphatic carbocycles. The first-order valence-corrected chi connectivity index (χ1v) is 8.58. The molecule has 0 bridgehead atoms. The van der Waals surface area contributed by atoms with Crippen molar-refractivity contribution in [2.45, 2.75) is 19.8 Å². The number of rotatable bonds is 4. The van der Waals surface area contributed by atoms with Gasteiger partial charge in [0.25, 0.3) is 0 Å². The minimum atomic E-state index is -0.332. The molecule has 2 aliphatic heterocycles. The Bertz CT molecular complexity index is 678. The molecule has 2 aliphatic rings. The van der Waals surface area contributed by atoms with Gasteiger partial charge in [-0.05, 0) is 38.4 Å². The van der Waals surface area contributed by atoms with Crippen LogP contribution >= 0.6 is 0 Å². The quantitative estimate of drug-likeness (QED) is 0.833. The first kappa shape index (κ1) is 17.3. The largest absolute Gasteiger partial charge is 0.336 e. The van der Waals surface area contributed by atoms with Crippen LogP contribution in [0.3, 0.4) is 0 Å². The summed E-state index contributed by atoms with van der Waals surface area (Å²) < 4.78 is 0. The number of aromatic nitrogens is 1. The highest BCUT2D eigenvalue weighted by Crippen LogP contribution is 2.18. The van der Waals surface area contributed by atoms with E-state index in [9.17, 15) is 14.4 Å². The normalized spacial score (nSPS) is 21.1. The molecular formula is C17H23N5O3. The van der Waals surface area contributed by atoms with E-state index in [2.05, 4.69) is 15.6 Å². The molecule has 0 aromatic carbocycles. The highest BCUT2D eigenvalue weighted by atomic mass is 16.2. The Balaban J connectivity index is 1.54. The maximum atomic E-state index is 12.5. The number of aryl methyl sites for hydroxylation is 1. The van der Waals surface area contributed by atoms with Gasteiger partial charge < -0.3 is 10.6 Å². The molecule has 8 nitrogen and oxygen atoms in total. The molecule has 3 rings (SSSR count). The van der Waals surface area contributed by atoms with E-state index in [1.54, 1.807) is 6.07 Å². The standard InChI is InChI=1S/C17H23N5O3/c1-12-4-2-6-14(19-12)20-16(24)13-5-3-8-21(10-13)11-15(23)22-9-7-18-17(22)25/h2,4,6,13H,3,5,7-11H2,1H3,(H,18,25)(H,19,20,24)/t13-/m0/s1. The average Bonchev–Trinajstić information content (AvgIpc) is 3.01. The van der Waals surface area contributed by atoms with E-state index in [-0.39, 0.29) is 30.3 Å². The van der Waals surface area contributed by atoms with Crippen LogP contribution in [0.4, 0.5) is 10.6 Å². The summed E-state index contributed by atoms with van der Waals surface area (Å²) >= 11 is 0. The number of imide groups is 1. The molecule has 1 aromatic heterocycles. The molecule has 1 atom stereocenters. The highest BCUT2D eigenvalue weighted by molar-refractivity contribution is 5.96. The number of carbonyl (C=O) groups excluding carboxylic acids is 3. The second-order valence-electron chi connectivity index (χ2n) is 6.51. The van der Waals surface area contributed by atoms with E-state index in [1.807, 2.05) is 24.0 Å². The fourth-order valence-corrected chi connectivity index (χ4v) is 3.24. The summed E-state index contributed by atoms with van der Waals surface area (Å²) in [7, 11) is 0. The Hall–Kier alpha value is -2.48. The number of anilines is 1. The third-order valence-electron chi connectivity index (χ3n) is 4.53. The molecule has 0 radical (unpaired) electrons. The zero-order valence-corrected chi connectivity index (χ0v) is 14.3. The van der Waals surface area contributed by atoms with Crippen molar-refractivity contribution in [3.05, 3.63) is 23.9 Å². The molecule has 25 heavy (non-hydrogen) atoms. The molecule has 1 aromatic rings. The monoisotopic (exact) mass is 345 g/mol. The van der Waals surface area contributed by atoms with Gasteiger partial charge in [-0.1, -0.05) is 6.07 Å². The second kappa shape index (κ2) is 7.60. The Morgan fingerprint density at radius 1 is 1.36 bits per heavy atom. The lowest BCUT2D eigenvalue weighted by molar-refractivity contribution is -0.130. The molecule has 2 N–H and O–H groups in total. The fraction of sp³-hybridized carbons (Fsp3) is 0.529. The molecule has 0 saturated carbocycles. The number of hydrogen-bond donors (Lipinski definition) is 2. The number of carbonyl (C=O) groups is 3. The molecular weight excluding hydrogens is 322 g/mol. The van der Waals surface area contributed by atoms with Crippen LogP contribution in [-0.4, -0.2) is 65.4 Å². The highest BCUT2D eigenvalue weighted by Gasteiger charge is 2.31. The number of hydrogen-bond acceptors (Lipinski definition) is 5. The van der Waals surface area contributed by atoms with E-state index in [1.165, 1.54) is 4.90 Å². The van der Waals surface area contributed by atoms with Crippen molar-refractivity contribution < 1.29 is 14.4 Å². The zero-order valence-electron chi connectivity index (χ0n) is 14.3. The summed E-state index contributed by atoms with van der Waals surface area (Å²) in [6.45, 7) is 4.22. The van der Waals surface area contributed by atoms with Crippen molar-refractivity contribution in [2.24, 2.45) is 5.92 Å².